The third kappa shape index (κ3) is 0.858. The highest BCUT2D eigenvalue weighted by Gasteiger charge is 2.43. The van der Waals surface area contributed by atoms with Gasteiger partial charge in [-0.15, -0.1) is 0 Å². The van der Waals surface area contributed by atoms with Crippen molar-refractivity contribution >= 4 is 0 Å². The summed E-state index contributed by atoms with van der Waals surface area (Å²) >= 11 is 0. The molecular formula is C8H14FN. The summed E-state index contributed by atoms with van der Waals surface area (Å²) in [4.78, 5) is 0. The van der Waals surface area contributed by atoms with Crippen molar-refractivity contribution in [3.63, 3.8) is 0 Å². The Morgan fingerprint density at radius 2 is 2.20 bits per heavy atom. The fraction of sp³-hybridized carbons (Fsp3) is 1.00. The average molecular weight is 143 g/mol. The van der Waals surface area contributed by atoms with Crippen LogP contribution in [0.3, 0.4) is 0 Å². The maximum Gasteiger partial charge on any atom is 0.127 e. The summed E-state index contributed by atoms with van der Waals surface area (Å²) in [6.07, 6.45) is 4.24. The molecule has 1 saturated heterocycles. The first kappa shape index (κ1) is 6.59. The molecule has 0 aromatic carbocycles. The van der Waals surface area contributed by atoms with Crippen LogP contribution in [-0.2, 0) is 0 Å². The van der Waals surface area contributed by atoms with Crippen LogP contribution in [0, 0.1) is 5.92 Å². The average Bonchev–Trinajstić information content (AvgIpc) is 2.09. The predicted octanol–water partition coefficient (Wildman–Crippen LogP) is 1.49. The van der Waals surface area contributed by atoms with E-state index in [0.717, 1.165) is 25.8 Å². The van der Waals surface area contributed by atoms with Gasteiger partial charge in [0.15, 0.2) is 0 Å². The van der Waals surface area contributed by atoms with Crippen LogP contribution in [0.1, 0.15) is 25.7 Å². The topological polar surface area (TPSA) is 12.0 Å². The van der Waals surface area contributed by atoms with Crippen LogP contribution in [0.5, 0.6) is 0 Å². The molecule has 1 heterocycles. The second-order valence-corrected chi connectivity index (χ2v) is 3.59. The first-order chi connectivity index (χ1) is 4.81. The van der Waals surface area contributed by atoms with Crippen molar-refractivity contribution in [1.29, 1.82) is 0 Å². The van der Waals surface area contributed by atoms with Crippen LogP contribution in [-0.4, -0.2) is 18.8 Å². The van der Waals surface area contributed by atoms with E-state index in [1.807, 2.05) is 0 Å². The van der Waals surface area contributed by atoms with Crippen LogP contribution in [0.15, 0.2) is 0 Å². The minimum atomic E-state index is -0.821. The van der Waals surface area contributed by atoms with Crippen LogP contribution < -0.4 is 5.32 Å². The molecule has 1 N–H and O–H groups in total. The van der Waals surface area contributed by atoms with Crippen molar-refractivity contribution < 1.29 is 4.39 Å². The molecule has 2 aliphatic rings. The van der Waals surface area contributed by atoms with Crippen molar-refractivity contribution in [3.05, 3.63) is 0 Å². The predicted molar refractivity (Wildman–Crippen MR) is 38.7 cm³/mol. The molecule has 1 unspecified atom stereocenters. The van der Waals surface area contributed by atoms with Crippen molar-refractivity contribution in [1.82, 2.24) is 5.32 Å². The van der Waals surface area contributed by atoms with E-state index in [0.29, 0.717) is 12.5 Å². The third-order valence-corrected chi connectivity index (χ3v) is 2.97. The first-order valence-corrected chi connectivity index (χ1v) is 4.21. The van der Waals surface area contributed by atoms with Crippen LogP contribution in [0.4, 0.5) is 4.39 Å². The van der Waals surface area contributed by atoms with Crippen molar-refractivity contribution in [2.75, 3.05) is 13.1 Å². The lowest BCUT2D eigenvalue weighted by atomic mass is 9.73. The molecule has 1 aliphatic heterocycles. The van der Waals surface area contributed by atoms with Gasteiger partial charge < -0.3 is 5.32 Å². The highest BCUT2D eigenvalue weighted by atomic mass is 19.1. The van der Waals surface area contributed by atoms with Gasteiger partial charge in [0.05, 0.1) is 0 Å². The zero-order valence-electron chi connectivity index (χ0n) is 6.20. The molecule has 1 nitrogen and oxygen atoms in total. The molecule has 0 aromatic heterocycles. The van der Waals surface area contributed by atoms with E-state index in [9.17, 15) is 4.39 Å². The highest BCUT2D eigenvalue weighted by molar-refractivity contribution is 4.97. The monoisotopic (exact) mass is 143 g/mol. The van der Waals surface area contributed by atoms with Crippen LogP contribution in [0.25, 0.3) is 0 Å². The van der Waals surface area contributed by atoms with Crippen LogP contribution in [0.2, 0.25) is 0 Å². The number of nitrogens with one attached hydrogen (secondary N) is 1. The maximum atomic E-state index is 13.7. The summed E-state index contributed by atoms with van der Waals surface area (Å²) in [6, 6.07) is 0. The molecule has 0 amide bonds. The Labute approximate surface area is 61.0 Å². The molecular weight excluding hydrogens is 129 g/mol. The van der Waals surface area contributed by atoms with E-state index < -0.39 is 5.67 Å². The maximum absolute atomic E-state index is 13.7. The fourth-order valence-electron chi connectivity index (χ4n) is 1.95. The van der Waals surface area contributed by atoms with Crippen molar-refractivity contribution in [2.24, 2.45) is 5.92 Å². The molecule has 0 aromatic rings. The van der Waals surface area contributed by atoms with Gasteiger partial charge in [-0.2, -0.15) is 0 Å². The summed E-state index contributed by atoms with van der Waals surface area (Å²) < 4.78 is 13.7. The van der Waals surface area contributed by atoms with E-state index in [4.69, 9.17) is 0 Å². The second kappa shape index (κ2) is 2.19. The minimum Gasteiger partial charge on any atom is -0.313 e. The molecule has 2 rings (SSSR count). The normalized spacial score (nSPS) is 41.7. The standard InChI is InChI=1S/C8H14FN/c9-8(4-5-10-6-8)7-2-1-3-7/h7,10H,1-6H2. The highest BCUT2D eigenvalue weighted by Crippen LogP contribution is 2.41. The van der Waals surface area contributed by atoms with Gasteiger partial charge >= 0.3 is 0 Å². The minimum absolute atomic E-state index is 0.391. The number of hydrogen-bond acceptors (Lipinski definition) is 1. The Bertz CT molecular complexity index is 125. The van der Waals surface area contributed by atoms with E-state index in [2.05, 4.69) is 5.32 Å². The quantitative estimate of drug-likeness (QED) is 0.586. The molecule has 2 fully saturated rings. The van der Waals surface area contributed by atoms with Gasteiger partial charge in [0.2, 0.25) is 0 Å². The molecule has 0 bridgehead atoms. The SMILES string of the molecule is FC1(C2CCC2)CCNC1. The van der Waals surface area contributed by atoms with Gasteiger partial charge in [0, 0.05) is 6.54 Å². The lowest BCUT2D eigenvalue weighted by Crippen LogP contribution is -2.39. The summed E-state index contributed by atoms with van der Waals surface area (Å²) in [5.41, 5.74) is -0.821. The second-order valence-electron chi connectivity index (χ2n) is 3.59. The molecule has 1 saturated carbocycles. The molecule has 58 valence electrons. The Kier molecular flexibility index (Phi) is 1.44. The number of halogens is 1. The summed E-state index contributed by atoms with van der Waals surface area (Å²) in [5, 5.41) is 3.09. The Morgan fingerprint density at radius 3 is 2.60 bits per heavy atom. The largest absolute Gasteiger partial charge is 0.313 e. The van der Waals surface area contributed by atoms with Gasteiger partial charge in [0.25, 0.3) is 0 Å². The van der Waals surface area contributed by atoms with Gasteiger partial charge in [0.1, 0.15) is 5.67 Å². The molecule has 10 heavy (non-hydrogen) atoms. The Balaban J connectivity index is 1.98. The number of rotatable bonds is 1. The lowest BCUT2D eigenvalue weighted by Gasteiger charge is -2.36. The Hall–Kier alpha value is -0.110. The van der Waals surface area contributed by atoms with Gasteiger partial charge in [-0.3, -0.25) is 0 Å². The number of alkyl halides is 1. The summed E-state index contributed by atoms with van der Waals surface area (Å²) in [7, 11) is 0. The van der Waals surface area contributed by atoms with E-state index >= 15 is 0 Å². The van der Waals surface area contributed by atoms with E-state index in [1.54, 1.807) is 0 Å². The van der Waals surface area contributed by atoms with E-state index in [-0.39, 0.29) is 0 Å². The van der Waals surface area contributed by atoms with Gasteiger partial charge in [-0.1, -0.05) is 6.42 Å². The molecule has 0 spiro atoms. The fourth-order valence-corrected chi connectivity index (χ4v) is 1.95. The molecule has 1 atom stereocenters. The Morgan fingerprint density at radius 1 is 1.40 bits per heavy atom. The summed E-state index contributed by atoms with van der Waals surface area (Å²) in [6.45, 7) is 1.49. The molecule has 2 heteroatoms. The first-order valence-electron chi connectivity index (χ1n) is 4.21. The van der Waals surface area contributed by atoms with Gasteiger partial charge in [-0.05, 0) is 31.7 Å². The lowest BCUT2D eigenvalue weighted by molar-refractivity contribution is 0.0505. The van der Waals surface area contributed by atoms with Gasteiger partial charge in [-0.25, -0.2) is 4.39 Å². The van der Waals surface area contributed by atoms with Crippen molar-refractivity contribution in [2.45, 2.75) is 31.4 Å². The zero-order valence-corrected chi connectivity index (χ0v) is 6.20. The van der Waals surface area contributed by atoms with Crippen molar-refractivity contribution in [3.8, 4) is 0 Å². The molecule has 0 radical (unpaired) electrons. The smallest absolute Gasteiger partial charge is 0.127 e. The zero-order chi connectivity index (χ0) is 7.03. The molecule has 1 aliphatic carbocycles. The third-order valence-electron chi connectivity index (χ3n) is 2.97. The van der Waals surface area contributed by atoms with E-state index in [1.165, 1.54) is 6.42 Å². The van der Waals surface area contributed by atoms with Crippen LogP contribution >= 0.6 is 0 Å². The summed E-state index contributed by atoms with van der Waals surface area (Å²) in [5.74, 6) is 0.391. The number of hydrogen-bond donors (Lipinski definition) is 1.